The lowest BCUT2D eigenvalue weighted by Crippen LogP contribution is -2.34. The van der Waals surface area contributed by atoms with E-state index >= 15 is 0 Å². The van der Waals surface area contributed by atoms with Gasteiger partial charge in [-0.2, -0.15) is 0 Å². The van der Waals surface area contributed by atoms with Crippen LogP contribution in [0.5, 0.6) is 0 Å². The minimum atomic E-state index is -0.414. The van der Waals surface area contributed by atoms with Gasteiger partial charge >= 0.3 is 0 Å². The van der Waals surface area contributed by atoms with E-state index in [-0.39, 0.29) is 17.6 Å². The third kappa shape index (κ3) is 3.85. The summed E-state index contributed by atoms with van der Waals surface area (Å²) in [4.78, 5) is 25.9. The molecule has 5 nitrogen and oxygen atoms in total. The van der Waals surface area contributed by atoms with Crippen molar-refractivity contribution in [2.75, 3.05) is 22.1 Å². The SMILES string of the molecule is CC[C@H](Nc1ccc2c(c1)CCN2C(C)=O)C(=O)Nc1ccc(F)cc1. The summed E-state index contributed by atoms with van der Waals surface area (Å²) >= 11 is 0. The smallest absolute Gasteiger partial charge is 0.246 e. The number of benzene rings is 2. The third-order valence-corrected chi connectivity index (χ3v) is 4.53. The van der Waals surface area contributed by atoms with Gasteiger partial charge in [-0.05, 0) is 60.9 Å². The van der Waals surface area contributed by atoms with Crippen LogP contribution in [0.4, 0.5) is 21.5 Å². The Labute approximate surface area is 152 Å². The molecule has 0 aromatic heterocycles. The second-order valence-corrected chi connectivity index (χ2v) is 6.37. The van der Waals surface area contributed by atoms with Crippen LogP contribution < -0.4 is 15.5 Å². The molecule has 2 aromatic rings. The van der Waals surface area contributed by atoms with E-state index in [4.69, 9.17) is 0 Å². The lowest BCUT2D eigenvalue weighted by molar-refractivity contribution is -0.117. The number of nitrogens with zero attached hydrogens (tertiary/aromatic N) is 1. The van der Waals surface area contributed by atoms with Crippen molar-refractivity contribution in [3.05, 3.63) is 53.8 Å². The highest BCUT2D eigenvalue weighted by Crippen LogP contribution is 2.30. The van der Waals surface area contributed by atoms with Gasteiger partial charge in [0.05, 0.1) is 0 Å². The molecule has 1 aliphatic rings. The first kappa shape index (κ1) is 17.9. The number of hydrogen-bond acceptors (Lipinski definition) is 3. The molecule has 1 aliphatic heterocycles. The Kier molecular flexibility index (Phi) is 5.21. The normalized spacial score (nSPS) is 13.9. The molecule has 2 amide bonds. The van der Waals surface area contributed by atoms with E-state index in [9.17, 15) is 14.0 Å². The Bertz CT molecular complexity index is 820. The van der Waals surface area contributed by atoms with Gasteiger partial charge < -0.3 is 15.5 Å². The van der Waals surface area contributed by atoms with E-state index in [0.717, 1.165) is 23.4 Å². The van der Waals surface area contributed by atoms with E-state index in [1.165, 1.54) is 24.3 Å². The van der Waals surface area contributed by atoms with Crippen molar-refractivity contribution < 1.29 is 14.0 Å². The Morgan fingerprint density at radius 2 is 1.85 bits per heavy atom. The van der Waals surface area contributed by atoms with Gasteiger partial charge in [-0.3, -0.25) is 9.59 Å². The summed E-state index contributed by atoms with van der Waals surface area (Å²) in [5.41, 5.74) is 3.43. The van der Waals surface area contributed by atoms with Crippen LogP contribution in [0.2, 0.25) is 0 Å². The van der Waals surface area contributed by atoms with Gasteiger partial charge in [-0.1, -0.05) is 6.92 Å². The van der Waals surface area contributed by atoms with E-state index in [2.05, 4.69) is 10.6 Å². The average molecular weight is 355 g/mol. The van der Waals surface area contributed by atoms with Crippen LogP contribution in [0, 0.1) is 5.82 Å². The molecule has 1 heterocycles. The highest BCUT2D eigenvalue weighted by molar-refractivity contribution is 5.97. The average Bonchev–Trinajstić information content (AvgIpc) is 3.05. The summed E-state index contributed by atoms with van der Waals surface area (Å²) in [6, 6.07) is 11.1. The Balaban J connectivity index is 1.69. The first-order chi connectivity index (χ1) is 12.5. The quantitative estimate of drug-likeness (QED) is 0.862. The summed E-state index contributed by atoms with van der Waals surface area (Å²) in [5.74, 6) is -0.481. The zero-order valence-corrected chi connectivity index (χ0v) is 14.9. The van der Waals surface area contributed by atoms with Crippen molar-refractivity contribution in [1.29, 1.82) is 0 Å². The second kappa shape index (κ2) is 7.56. The van der Waals surface area contributed by atoms with Gasteiger partial charge in [0, 0.05) is 30.5 Å². The molecule has 3 rings (SSSR count). The maximum atomic E-state index is 13.0. The summed E-state index contributed by atoms with van der Waals surface area (Å²) in [7, 11) is 0. The number of anilines is 3. The fraction of sp³-hybridized carbons (Fsp3) is 0.300. The van der Waals surface area contributed by atoms with Gasteiger partial charge in [-0.15, -0.1) is 0 Å². The van der Waals surface area contributed by atoms with Crippen molar-refractivity contribution in [2.45, 2.75) is 32.7 Å². The van der Waals surface area contributed by atoms with Crippen molar-refractivity contribution in [1.82, 2.24) is 0 Å². The summed E-state index contributed by atoms with van der Waals surface area (Å²) in [6.07, 6.45) is 1.41. The van der Waals surface area contributed by atoms with Crippen LogP contribution in [0.15, 0.2) is 42.5 Å². The zero-order valence-electron chi connectivity index (χ0n) is 14.9. The molecule has 0 unspecified atom stereocenters. The molecule has 136 valence electrons. The topological polar surface area (TPSA) is 61.4 Å². The monoisotopic (exact) mass is 355 g/mol. The van der Waals surface area contributed by atoms with Crippen LogP contribution >= 0.6 is 0 Å². The maximum Gasteiger partial charge on any atom is 0.246 e. The molecule has 0 spiro atoms. The van der Waals surface area contributed by atoms with Crippen molar-refractivity contribution >= 4 is 28.9 Å². The molecule has 0 saturated heterocycles. The number of carbonyl (C=O) groups is 2. The molecule has 2 aromatic carbocycles. The highest BCUT2D eigenvalue weighted by Gasteiger charge is 2.23. The molecule has 0 fully saturated rings. The first-order valence-electron chi connectivity index (χ1n) is 8.72. The largest absolute Gasteiger partial charge is 0.374 e. The summed E-state index contributed by atoms with van der Waals surface area (Å²) in [5, 5.41) is 6.04. The fourth-order valence-electron chi connectivity index (χ4n) is 3.14. The van der Waals surface area contributed by atoms with Crippen LogP contribution in [-0.4, -0.2) is 24.4 Å². The molecule has 26 heavy (non-hydrogen) atoms. The molecular formula is C20H22FN3O2. The van der Waals surface area contributed by atoms with Crippen LogP contribution in [0.3, 0.4) is 0 Å². The van der Waals surface area contributed by atoms with Crippen LogP contribution in [0.1, 0.15) is 25.8 Å². The highest BCUT2D eigenvalue weighted by atomic mass is 19.1. The summed E-state index contributed by atoms with van der Waals surface area (Å²) in [6.45, 7) is 4.18. The second-order valence-electron chi connectivity index (χ2n) is 6.37. The number of halogens is 1. The van der Waals surface area contributed by atoms with Crippen molar-refractivity contribution in [3.63, 3.8) is 0 Å². The predicted octanol–water partition coefficient (Wildman–Crippen LogP) is 3.56. The predicted molar refractivity (Wildman–Crippen MR) is 101 cm³/mol. The minimum Gasteiger partial charge on any atom is -0.374 e. The van der Waals surface area contributed by atoms with Gasteiger partial charge in [0.25, 0.3) is 0 Å². The van der Waals surface area contributed by atoms with Crippen molar-refractivity contribution in [3.8, 4) is 0 Å². The number of fused-ring (bicyclic) bond motifs is 1. The Hall–Kier alpha value is -2.89. The first-order valence-corrected chi connectivity index (χ1v) is 8.72. The van der Waals surface area contributed by atoms with Crippen molar-refractivity contribution in [2.24, 2.45) is 0 Å². The molecule has 0 bridgehead atoms. The lowest BCUT2D eigenvalue weighted by Gasteiger charge is -2.19. The molecule has 0 radical (unpaired) electrons. The van der Waals surface area contributed by atoms with E-state index in [1.807, 2.05) is 25.1 Å². The fourth-order valence-corrected chi connectivity index (χ4v) is 3.14. The standard InChI is InChI=1S/C20H22FN3O2/c1-3-18(20(26)23-16-6-4-15(21)5-7-16)22-17-8-9-19-14(12-17)10-11-24(19)13(2)25/h4-9,12,18,22H,3,10-11H2,1-2H3,(H,23,26)/t18-/m0/s1. The minimum absolute atomic E-state index is 0.0366. The third-order valence-electron chi connectivity index (χ3n) is 4.53. The molecule has 2 N–H and O–H groups in total. The molecular weight excluding hydrogens is 333 g/mol. The Morgan fingerprint density at radius 3 is 2.50 bits per heavy atom. The van der Waals surface area contributed by atoms with E-state index < -0.39 is 6.04 Å². The van der Waals surface area contributed by atoms with E-state index in [1.54, 1.807) is 11.8 Å². The maximum absolute atomic E-state index is 13.0. The molecule has 0 saturated carbocycles. The lowest BCUT2D eigenvalue weighted by atomic mass is 10.1. The summed E-state index contributed by atoms with van der Waals surface area (Å²) < 4.78 is 13.0. The van der Waals surface area contributed by atoms with Gasteiger partial charge in [0.15, 0.2) is 0 Å². The molecule has 6 heteroatoms. The van der Waals surface area contributed by atoms with Crippen LogP contribution in [-0.2, 0) is 16.0 Å². The molecule has 0 aliphatic carbocycles. The van der Waals surface area contributed by atoms with Gasteiger partial charge in [0.1, 0.15) is 11.9 Å². The van der Waals surface area contributed by atoms with Gasteiger partial charge in [0.2, 0.25) is 11.8 Å². The zero-order chi connectivity index (χ0) is 18.7. The van der Waals surface area contributed by atoms with Crippen LogP contribution in [0.25, 0.3) is 0 Å². The Morgan fingerprint density at radius 1 is 1.15 bits per heavy atom. The molecule has 1 atom stereocenters. The number of rotatable bonds is 5. The number of hydrogen-bond donors (Lipinski definition) is 2. The van der Waals surface area contributed by atoms with Gasteiger partial charge in [-0.25, -0.2) is 4.39 Å². The number of nitrogens with one attached hydrogen (secondary N) is 2. The number of carbonyl (C=O) groups excluding carboxylic acids is 2. The van der Waals surface area contributed by atoms with E-state index in [0.29, 0.717) is 18.7 Å². The number of amides is 2.